The van der Waals surface area contributed by atoms with Crippen LogP contribution in [0.3, 0.4) is 0 Å². The first-order valence-corrected chi connectivity index (χ1v) is 5.47. The average Bonchev–Trinajstić information content (AvgIpc) is 3.04. The fourth-order valence-electron chi connectivity index (χ4n) is 2.71. The molecule has 0 aromatic heterocycles. The molecule has 2 heteroatoms. The zero-order chi connectivity index (χ0) is 8.84. The molecule has 1 aliphatic heterocycles. The van der Waals surface area contributed by atoms with Crippen LogP contribution in [0.15, 0.2) is 11.3 Å². The van der Waals surface area contributed by atoms with Crippen molar-refractivity contribution in [1.29, 1.82) is 0 Å². The molecule has 2 saturated carbocycles. The standard InChI is InChI=1S/C11H17NO/c1-2-13-11(7-3-4-7)10-8-5-12-6-9(8)10/h8-10,12H,2-6H2,1H3. The Hall–Kier alpha value is -0.500. The van der Waals surface area contributed by atoms with Gasteiger partial charge in [-0.05, 0) is 50.3 Å². The third-order valence-corrected chi connectivity index (χ3v) is 3.54. The largest absolute Gasteiger partial charge is 0.498 e. The molecule has 0 amide bonds. The number of nitrogens with one attached hydrogen (secondary N) is 1. The summed E-state index contributed by atoms with van der Waals surface area (Å²) in [6.45, 7) is 5.39. The molecule has 0 aromatic rings. The Morgan fingerprint density at radius 3 is 2.62 bits per heavy atom. The van der Waals surface area contributed by atoms with Crippen LogP contribution in [-0.4, -0.2) is 19.7 Å². The lowest BCUT2D eigenvalue weighted by Gasteiger charge is -2.10. The summed E-state index contributed by atoms with van der Waals surface area (Å²) in [7, 11) is 0. The van der Waals surface area contributed by atoms with E-state index in [0.717, 1.165) is 24.4 Å². The van der Waals surface area contributed by atoms with E-state index in [0.29, 0.717) is 0 Å². The summed E-state index contributed by atoms with van der Waals surface area (Å²) >= 11 is 0. The van der Waals surface area contributed by atoms with E-state index < -0.39 is 0 Å². The number of allylic oxidation sites excluding steroid dienone is 2. The van der Waals surface area contributed by atoms with Gasteiger partial charge in [0.05, 0.1) is 12.4 Å². The number of ether oxygens (including phenoxy) is 1. The molecule has 3 aliphatic rings. The Balaban J connectivity index is 1.73. The van der Waals surface area contributed by atoms with Crippen molar-refractivity contribution in [1.82, 2.24) is 5.32 Å². The first-order chi connectivity index (χ1) is 6.42. The fraction of sp³-hybridized carbons (Fsp3) is 0.818. The quantitative estimate of drug-likeness (QED) is 0.663. The minimum atomic E-state index is 0.804. The van der Waals surface area contributed by atoms with Gasteiger partial charge in [-0.15, -0.1) is 0 Å². The van der Waals surface area contributed by atoms with Gasteiger partial charge in [0.1, 0.15) is 0 Å². The Labute approximate surface area is 79.3 Å². The molecular weight excluding hydrogens is 162 g/mol. The normalized spacial score (nSPS) is 40.1. The number of piperidine rings is 1. The van der Waals surface area contributed by atoms with Crippen LogP contribution >= 0.6 is 0 Å². The van der Waals surface area contributed by atoms with Gasteiger partial charge in [-0.1, -0.05) is 0 Å². The van der Waals surface area contributed by atoms with Crippen molar-refractivity contribution in [2.45, 2.75) is 19.8 Å². The van der Waals surface area contributed by atoms with Crippen LogP contribution in [-0.2, 0) is 4.74 Å². The van der Waals surface area contributed by atoms with Crippen molar-refractivity contribution >= 4 is 0 Å². The van der Waals surface area contributed by atoms with Crippen molar-refractivity contribution in [2.24, 2.45) is 17.8 Å². The summed E-state index contributed by atoms with van der Waals surface area (Å²) in [5.74, 6) is 4.02. The first-order valence-electron chi connectivity index (χ1n) is 5.47. The Morgan fingerprint density at radius 1 is 1.38 bits per heavy atom. The van der Waals surface area contributed by atoms with E-state index in [1.165, 1.54) is 31.7 Å². The third kappa shape index (κ3) is 1.19. The van der Waals surface area contributed by atoms with E-state index >= 15 is 0 Å². The van der Waals surface area contributed by atoms with Crippen molar-refractivity contribution in [3.05, 3.63) is 11.3 Å². The zero-order valence-corrected chi connectivity index (χ0v) is 8.18. The molecule has 0 spiro atoms. The van der Waals surface area contributed by atoms with Crippen LogP contribution in [0.5, 0.6) is 0 Å². The number of hydrogen-bond donors (Lipinski definition) is 1. The van der Waals surface area contributed by atoms with Gasteiger partial charge in [0, 0.05) is 5.92 Å². The molecule has 2 atom stereocenters. The van der Waals surface area contributed by atoms with Gasteiger partial charge in [0.25, 0.3) is 0 Å². The first kappa shape index (κ1) is 7.86. The second-order valence-electron chi connectivity index (χ2n) is 4.41. The lowest BCUT2D eigenvalue weighted by Crippen LogP contribution is -2.16. The predicted molar refractivity (Wildman–Crippen MR) is 51.2 cm³/mol. The SMILES string of the molecule is CCOC(=C1CC1)C1C2CNCC21. The van der Waals surface area contributed by atoms with Crippen LogP contribution in [0.4, 0.5) is 0 Å². The van der Waals surface area contributed by atoms with E-state index in [9.17, 15) is 0 Å². The highest BCUT2D eigenvalue weighted by Gasteiger charge is 2.56. The molecule has 3 rings (SSSR count). The van der Waals surface area contributed by atoms with Crippen molar-refractivity contribution < 1.29 is 4.74 Å². The Bertz CT molecular complexity index is 243. The second-order valence-corrected chi connectivity index (χ2v) is 4.41. The molecular formula is C11H17NO. The van der Waals surface area contributed by atoms with E-state index in [2.05, 4.69) is 12.2 Å². The van der Waals surface area contributed by atoms with E-state index in [1.807, 2.05) is 0 Å². The molecule has 72 valence electrons. The molecule has 2 aliphatic carbocycles. The second kappa shape index (κ2) is 2.74. The van der Waals surface area contributed by atoms with Crippen molar-refractivity contribution in [2.75, 3.05) is 19.7 Å². The molecule has 1 heterocycles. The van der Waals surface area contributed by atoms with Crippen LogP contribution < -0.4 is 5.32 Å². The summed E-state index contributed by atoms with van der Waals surface area (Å²) in [6.07, 6.45) is 2.61. The Kier molecular flexibility index (Phi) is 1.66. The lowest BCUT2D eigenvalue weighted by molar-refractivity contribution is 0.203. The lowest BCUT2D eigenvalue weighted by atomic mass is 10.2. The molecule has 13 heavy (non-hydrogen) atoms. The number of fused-ring (bicyclic) bond motifs is 1. The van der Waals surface area contributed by atoms with E-state index in [4.69, 9.17) is 4.74 Å². The molecule has 3 fully saturated rings. The third-order valence-electron chi connectivity index (χ3n) is 3.54. The van der Waals surface area contributed by atoms with Gasteiger partial charge in [0.2, 0.25) is 0 Å². The minimum Gasteiger partial charge on any atom is -0.498 e. The smallest absolute Gasteiger partial charge is 0.0989 e. The van der Waals surface area contributed by atoms with Gasteiger partial charge in [-0.25, -0.2) is 0 Å². The zero-order valence-electron chi connectivity index (χ0n) is 8.18. The molecule has 1 N–H and O–H groups in total. The van der Waals surface area contributed by atoms with Gasteiger partial charge < -0.3 is 10.1 Å². The minimum absolute atomic E-state index is 0.804. The summed E-state index contributed by atoms with van der Waals surface area (Å²) in [4.78, 5) is 0. The van der Waals surface area contributed by atoms with Crippen LogP contribution in [0.2, 0.25) is 0 Å². The van der Waals surface area contributed by atoms with Crippen molar-refractivity contribution in [3.8, 4) is 0 Å². The number of rotatable bonds is 3. The highest BCUT2D eigenvalue weighted by atomic mass is 16.5. The summed E-state index contributed by atoms with van der Waals surface area (Å²) in [5.41, 5.74) is 1.61. The molecule has 0 radical (unpaired) electrons. The van der Waals surface area contributed by atoms with Gasteiger partial charge in [-0.3, -0.25) is 0 Å². The molecule has 2 nitrogen and oxygen atoms in total. The maximum Gasteiger partial charge on any atom is 0.0989 e. The maximum absolute atomic E-state index is 5.78. The summed E-state index contributed by atoms with van der Waals surface area (Å²) in [5, 5.41) is 3.43. The fourth-order valence-corrected chi connectivity index (χ4v) is 2.71. The monoisotopic (exact) mass is 179 g/mol. The molecule has 1 saturated heterocycles. The van der Waals surface area contributed by atoms with E-state index in [1.54, 1.807) is 5.57 Å². The summed E-state index contributed by atoms with van der Waals surface area (Å²) in [6, 6.07) is 0. The topological polar surface area (TPSA) is 21.3 Å². The van der Waals surface area contributed by atoms with Crippen molar-refractivity contribution in [3.63, 3.8) is 0 Å². The Morgan fingerprint density at radius 2 is 2.08 bits per heavy atom. The maximum atomic E-state index is 5.78. The van der Waals surface area contributed by atoms with Crippen LogP contribution in [0.1, 0.15) is 19.8 Å². The molecule has 0 aromatic carbocycles. The van der Waals surface area contributed by atoms with Gasteiger partial charge in [-0.2, -0.15) is 0 Å². The van der Waals surface area contributed by atoms with Gasteiger partial charge in [0.15, 0.2) is 0 Å². The number of hydrogen-bond acceptors (Lipinski definition) is 2. The van der Waals surface area contributed by atoms with Gasteiger partial charge >= 0.3 is 0 Å². The highest BCUT2D eigenvalue weighted by Crippen LogP contribution is 2.56. The summed E-state index contributed by atoms with van der Waals surface area (Å²) < 4.78 is 5.78. The average molecular weight is 179 g/mol. The van der Waals surface area contributed by atoms with E-state index in [-0.39, 0.29) is 0 Å². The van der Waals surface area contributed by atoms with Crippen LogP contribution in [0.25, 0.3) is 0 Å². The molecule has 0 bridgehead atoms. The van der Waals surface area contributed by atoms with Crippen LogP contribution in [0, 0.1) is 17.8 Å². The predicted octanol–water partition coefficient (Wildman–Crippen LogP) is 1.54. The molecule has 2 unspecified atom stereocenters. The highest BCUT2D eigenvalue weighted by molar-refractivity contribution is 5.29.